The minimum Gasteiger partial charge on any atom is -0.493 e. The summed E-state index contributed by atoms with van der Waals surface area (Å²) in [6, 6.07) is 17.9. The number of carbonyl (C=O) groups is 3. The molecule has 0 fully saturated rings. The van der Waals surface area contributed by atoms with Gasteiger partial charge in [-0.15, -0.1) is 0 Å². The fraction of sp³-hybridized carbons (Fsp3) is 0.0870. The number of halogens is 1. The van der Waals surface area contributed by atoms with Gasteiger partial charge in [-0.25, -0.2) is 4.79 Å². The van der Waals surface area contributed by atoms with Crippen molar-refractivity contribution < 1.29 is 28.7 Å². The molecule has 8 heteroatoms. The number of amides is 2. The Morgan fingerprint density at radius 2 is 1.55 bits per heavy atom. The van der Waals surface area contributed by atoms with Crippen LogP contribution in [-0.2, 0) is 11.4 Å². The summed E-state index contributed by atoms with van der Waals surface area (Å²) in [6.45, 7) is 0.203. The van der Waals surface area contributed by atoms with Gasteiger partial charge in [0.2, 0.25) is 0 Å². The number of fused-ring (bicyclic) bond motifs is 1. The van der Waals surface area contributed by atoms with Crippen LogP contribution in [0, 0.1) is 0 Å². The second kappa shape index (κ2) is 8.49. The van der Waals surface area contributed by atoms with E-state index >= 15 is 0 Å². The van der Waals surface area contributed by atoms with Crippen LogP contribution >= 0.6 is 11.6 Å². The van der Waals surface area contributed by atoms with E-state index in [1.165, 1.54) is 37.4 Å². The van der Waals surface area contributed by atoms with Crippen molar-refractivity contribution in [3.8, 4) is 11.5 Å². The van der Waals surface area contributed by atoms with E-state index in [4.69, 9.17) is 25.9 Å². The Balaban J connectivity index is 1.49. The highest BCUT2D eigenvalue weighted by molar-refractivity contribution is 6.31. The van der Waals surface area contributed by atoms with Crippen LogP contribution in [-0.4, -0.2) is 30.0 Å². The number of nitrogens with zero attached hydrogens (tertiary/aromatic N) is 1. The molecule has 7 nitrogen and oxygen atoms in total. The van der Waals surface area contributed by atoms with E-state index in [1.807, 2.05) is 18.2 Å². The molecule has 2 amide bonds. The molecule has 0 saturated carbocycles. The maximum absolute atomic E-state index is 12.6. The van der Waals surface area contributed by atoms with E-state index in [2.05, 4.69) is 0 Å². The molecule has 156 valence electrons. The molecule has 0 unspecified atom stereocenters. The van der Waals surface area contributed by atoms with Gasteiger partial charge in [-0.3, -0.25) is 9.59 Å². The lowest BCUT2D eigenvalue weighted by Crippen LogP contribution is -2.32. The van der Waals surface area contributed by atoms with Crippen molar-refractivity contribution in [1.82, 2.24) is 5.06 Å². The van der Waals surface area contributed by atoms with Crippen molar-refractivity contribution in [3.63, 3.8) is 0 Å². The van der Waals surface area contributed by atoms with E-state index in [9.17, 15) is 14.4 Å². The average Bonchev–Trinajstić information content (AvgIpc) is 3.03. The molecule has 1 aliphatic heterocycles. The fourth-order valence-corrected chi connectivity index (χ4v) is 3.26. The van der Waals surface area contributed by atoms with Crippen molar-refractivity contribution in [1.29, 1.82) is 0 Å². The highest BCUT2D eigenvalue weighted by Crippen LogP contribution is 2.30. The lowest BCUT2D eigenvalue weighted by atomic mass is 10.1. The zero-order chi connectivity index (χ0) is 22.0. The van der Waals surface area contributed by atoms with Crippen molar-refractivity contribution in [3.05, 3.63) is 94.0 Å². The maximum Gasteiger partial charge on any atom is 0.364 e. The summed E-state index contributed by atoms with van der Waals surface area (Å²) in [6.07, 6.45) is 0. The van der Waals surface area contributed by atoms with Gasteiger partial charge in [0.15, 0.2) is 11.5 Å². The predicted molar refractivity (Wildman–Crippen MR) is 111 cm³/mol. The summed E-state index contributed by atoms with van der Waals surface area (Å²) in [5, 5.41) is 1.03. The number of hydrogen-bond donors (Lipinski definition) is 0. The number of hydrogen-bond acceptors (Lipinski definition) is 6. The minimum absolute atomic E-state index is 0.0819. The quantitative estimate of drug-likeness (QED) is 0.535. The standard InChI is InChI=1S/C23H16ClNO6/c1-29-20-12-14(10-11-19(20)30-13-15-6-2-5-9-18(15)24)23(28)31-25-21(26)16-7-3-4-8-17(16)22(25)27/h2-12H,13H2,1H3. The van der Waals surface area contributed by atoms with Crippen molar-refractivity contribution in [2.24, 2.45) is 0 Å². The molecule has 0 saturated heterocycles. The van der Waals surface area contributed by atoms with Gasteiger partial charge >= 0.3 is 5.97 Å². The highest BCUT2D eigenvalue weighted by Gasteiger charge is 2.38. The molecule has 31 heavy (non-hydrogen) atoms. The predicted octanol–water partition coefficient (Wildman–Crippen LogP) is 4.30. The van der Waals surface area contributed by atoms with E-state index < -0.39 is 17.8 Å². The number of ether oxygens (including phenoxy) is 2. The first-order valence-corrected chi connectivity index (χ1v) is 9.61. The normalized spacial score (nSPS) is 12.5. The van der Waals surface area contributed by atoms with Gasteiger partial charge in [0.25, 0.3) is 11.8 Å². The van der Waals surface area contributed by atoms with Gasteiger partial charge in [0.1, 0.15) is 6.61 Å². The summed E-state index contributed by atoms with van der Waals surface area (Å²) in [5.74, 6) is -1.60. The Bertz CT molecular complexity index is 1160. The maximum atomic E-state index is 12.6. The largest absolute Gasteiger partial charge is 0.493 e. The number of hydroxylamine groups is 2. The van der Waals surface area contributed by atoms with E-state index in [-0.39, 0.29) is 29.0 Å². The van der Waals surface area contributed by atoms with E-state index in [1.54, 1.807) is 18.2 Å². The molecule has 0 aromatic heterocycles. The smallest absolute Gasteiger partial charge is 0.364 e. The molecule has 0 N–H and O–H groups in total. The molecule has 0 bridgehead atoms. The topological polar surface area (TPSA) is 82.1 Å². The summed E-state index contributed by atoms with van der Waals surface area (Å²) >= 11 is 6.14. The minimum atomic E-state index is -0.884. The second-order valence-electron chi connectivity index (χ2n) is 6.57. The lowest BCUT2D eigenvalue weighted by molar-refractivity contribution is -0.0584. The molecule has 3 aromatic carbocycles. The van der Waals surface area contributed by atoms with Gasteiger partial charge in [-0.2, -0.15) is 0 Å². The molecule has 4 rings (SSSR count). The van der Waals surface area contributed by atoms with Crippen LogP contribution in [0.25, 0.3) is 0 Å². The first-order valence-electron chi connectivity index (χ1n) is 9.24. The first-order chi connectivity index (χ1) is 15.0. The third-order valence-corrected chi connectivity index (χ3v) is 5.04. The van der Waals surface area contributed by atoms with Gasteiger partial charge < -0.3 is 14.3 Å². The third-order valence-electron chi connectivity index (χ3n) is 4.67. The zero-order valence-electron chi connectivity index (χ0n) is 16.3. The first kappa shape index (κ1) is 20.4. The molecule has 0 spiro atoms. The number of imide groups is 1. The monoisotopic (exact) mass is 437 g/mol. The third kappa shape index (κ3) is 3.95. The molecule has 0 radical (unpaired) electrons. The number of rotatable bonds is 6. The number of carbonyl (C=O) groups excluding carboxylic acids is 3. The lowest BCUT2D eigenvalue weighted by Gasteiger charge is -2.15. The van der Waals surface area contributed by atoms with Crippen LogP contribution in [0.3, 0.4) is 0 Å². The Labute approximate surface area is 182 Å². The van der Waals surface area contributed by atoms with Crippen LogP contribution in [0.2, 0.25) is 5.02 Å². The van der Waals surface area contributed by atoms with Crippen molar-refractivity contribution in [2.75, 3.05) is 7.11 Å². The Morgan fingerprint density at radius 1 is 0.903 bits per heavy atom. The van der Waals surface area contributed by atoms with E-state index in [0.717, 1.165) is 5.56 Å². The molecule has 0 atom stereocenters. The van der Waals surface area contributed by atoms with Gasteiger partial charge in [-0.1, -0.05) is 47.0 Å². The molecule has 1 aliphatic rings. The highest BCUT2D eigenvalue weighted by atomic mass is 35.5. The molecule has 1 heterocycles. The Morgan fingerprint density at radius 3 is 2.19 bits per heavy atom. The summed E-state index contributed by atoms with van der Waals surface area (Å²) in [7, 11) is 1.43. The molecule has 3 aromatic rings. The SMILES string of the molecule is COc1cc(C(=O)ON2C(=O)c3ccccc3C2=O)ccc1OCc1ccccc1Cl. The Kier molecular flexibility index (Phi) is 5.60. The summed E-state index contributed by atoms with van der Waals surface area (Å²) in [5.41, 5.74) is 1.24. The van der Waals surface area contributed by atoms with Crippen LogP contribution < -0.4 is 9.47 Å². The fourth-order valence-electron chi connectivity index (χ4n) is 3.07. The van der Waals surface area contributed by atoms with Crippen LogP contribution in [0.5, 0.6) is 11.5 Å². The molecular weight excluding hydrogens is 422 g/mol. The number of methoxy groups -OCH3 is 1. The molecular formula is C23H16ClNO6. The van der Waals surface area contributed by atoms with Gasteiger partial charge in [0, 0.05) is 10.6 Å². The van der Waals surface area contributed by atoms with Crippen LogP contribution in [0.15, 0.2) is 66.7 Å². The zero-order valence-corrected chi connectivity index (χ0v) is 17.1. The van der Waals surface area contributed by atoms with Gasteiger partial charge in [-0.05, 0) is 36.4 Å². The molecule has 0 aliphatic carbocycles. The summed E-state index contributed by atoms with van der Waals surface area (Å²) in [4.78, 5) is 42.4. The Hall–Kier alpha value is -3.84. The average molecular weight is 438 g/mol. The van der Waals surface area contributed by atoms with Gasteiger partial charge in [0.05, 0.1) is 23.8 Å². The number of benzene rings is 3. The summed E-state index contributed by atoms with van der Waals surface area (Å²) < 4.78 is 11.1. The van der Waals surface area contributed by atoms with Crippen molar-refractivity contribution >= 4 is 29.4 Å². The van der Waals surface area contributed by atoms with Crippen molar-refractivity contribution in [2.45, 2.75) is 6.61 Å². The van der Waals surface area contributed by atoms with Crippen LogP contribution in [0.1, 0.15) is 36.6 Å². The van der Waals surface area contributed by atoms with Crippen LogP contribution in [0.4, 0.5) is 0 Å². The second-order valence-corrected chi connectivity index (χ2v) is 6.98. The van der Waals surface area contributed by atoms with E-state index in [0.29, 0.717) is 15.8 Å².